The monoisotopic (exact) mass is 374 g/mol. The highest BCUT2D eigenvalue weighted by atomic mass is 32.2. The largest absolute Gasteiger partial charge is 0.326 e. The van der Waals surface area contributed by atoms with E-state index in [1.807, 2.05) is 0 Å². The number of sulfonamides is 1. The molecule has 0 radical (unpaired) electrons. The van der Waals surface area contributed by atoms with Crippen molar-refractivity contribution in [2.75, 3.05) is 10.0 Å². The van der Waals surface area contributed by atoms with Crippen LogP contribution in [-0.4, -0.2) is 14.3 Å². The van der Waals surface area contributed by atoms with Crippen molar-refractivity contribution in [2.24, 2.45) is 5.92 Å². The van der Waals surface area contributed by atoms with Crippen molar-refractivity contribution in [3.63, 3.8) is 0 Å². The number of nitrogens with one attached hydrogen (secondary N) is 2. The third-order valence-electron chi connectivity index (χ3n) is 4.10. The molecule has 2 aromatic carbocycles. The lowest BCUT2D eigenvalue weighted by Gasteiger charge is -2.11. The normalized spacial score (nSPS) is 16.4. The Balaban J connectivity index is 1.61. The second-order valence-electron chi connectivity index (χ2n) is 6.15. The minimum atomic E-state index is -3.79. The van der Waals surface area contributed by atoms with Gasteiger partial charge in [0.05, 0.1) is 4.90 Å². The third-order valence-corrected chi connectivity index (χ3v) is 5.50. The third kappa shape index (κ3) is 4.70. The maximum absolute atomic E-state index is 12.9. The summed E-state index contributed by atoms with van der Waals surface area (Å²) in [4.78, 5) is 12.0. The van der Waals surface area contributed by atoms with Crippen LogP contribution in [0.1, 0.15) is 19.3 Å². The number of benzene rings is 2. The van der Waals surface area contributed by atoms with Crippen molar-refractivity contribution in [3.05, 3.63) is 66.5 Å². The zero-order valence-electron chi connectivity index (χ0n) is 14.0. The molecule has 1 aliphatic rings. The second kappa shape index (κ2) is 7.70. The molecular weight excluding hydrogens is 355 g/mol. The first-order chi connectivity index (χ1) is 12.4. The Bertz CT molecular complexity index is 907. The summed E-state index contributed by atoms with van der Waals surface area (Å²) in [7, 11) is -3.79. The summed E-state index contributed by atoms with van der Waals surface area (Å²) < 4.78 is 39.9. The van der Waals surface area contributed by atoms with Gasteiger partial charge in [-0.05, 0) is 67.3 Å². The highest BCUT2D eigenvalue weighted by Gasteiger charge is 2.15. The Morgan fingerprint density at radius 3 is 2.31 bits per heavy atom. The maximum atomic E-state index is 12.9. The van der Waals surface area contributed by atoms with Crippen LogP contribution in [0, 0.1) is 11.7 Å². The molecule has 0 aromatic heterocycles. The number of carbonyl (C=O) groups is 1. The number of anilines is 2. The highest BCUT2D eigenvalue weighted by molar-refractivity contribution is 7.92. The first kappa shape index (κ1) is 18.1. The molecule has 0 aliphatic heterocycles. The lowest BCUT2D eigenvalue weighted by molar-refractivity contribution is -0.116. The summed E-state index contributed by atoms with van der Waals surface area (Å²) in [5.74, 6) is -0.282. The topological polar surface area (TPSA) is 75.3 Å². The SMILES string of the molecule is O=C(C[C@@H]1C=CCC1)Nc1ccc(NS(=O)(=O)c2ccc(F)cc2)cc1. The molecule has 1 amide bonds. The molecule has 3 rings (SSSR count). The molecule has 5 nitrogen and oxygen atoms in total. The van der Waals surface area contributed by atoms with Crippen LogP contribution < -0.4 is 10.0 Å². The van der Waals surface area contributed by atoms with Crippen LogP contribution in [-0.2, 0) is 14.8 Å². The molecule has 0 saturated carbocycles. The van der Waals surface area contributed by atoms with Crippen molar-refractivity contribution in [3.8, 4) is 0 Å². The molecule has 2 aromatic rings. The van der Waals surface area contributed by atoms with E-state index < -0.39 is 15.8 Å². The van der Waals surface area contributed by atoms with Gasteiger partial charge in [-0.1, -0.05) is 12.2 Å². The van der Waals surface area contributed by atoms with Gasteiger partial charge in [0.15, 0.2) is 0 Å². The number of carbonyl (C=O) groups excluding carboxylic acids is 1. The molecule has 0 spiro atoms. The Hall–Kier alpha value is -2.67. The van der Waals surface area contributed by atoms with Crippen molar-refractivity contribution in [1.29, 1.82) is 0 Å². The Morgan fingerprint density at radius 2 is 1.69 bits per heavy atom. The summed E-state index contributed by atoms with van der Waals surface area (Å²) in [6, 6.07) is 11.0. The summed E-state index contributed by atoms with van der Waals surface area (Å²) in [5.41, 5.74) is 0.952. The van der Waals surface area contributed by atoms with Crippen LogP contribution in [0.25, 0.3) is 0 Å². The molecule has 1 atom stereocenters. The van der Waals surface area contributed by atoms with Gasteiger partial charge in [0.25, 0.3) is 10.0 Å². The molecule has 0 fully saturated rings. The first-order valence-electron chi connectivity index (χ1n) is 8.27. The van der Waals surface area contributed by atoms with Crippen LogP contribution in [0.2, 0.25) is 0 Å². The van der Waals surface area contributed by atoms with E-state index in [4.69, 9.17) is 0 Å². The van der Waals surface area contributed by atoms with Gasteiger partial charge in [-0.3, -0.25) is 9.52 Å². The molecule has 1 aliphatic carbocycles. The van der Waals surface area contributed by atoms with E-state index in [2.05, 4.69) is 22.2 Å². The van der Waals surface area contributed by atoms with E-state index in [1.165, 1.54) is 12.1 Å². The van der Waals surface area contributed by atoms with Crippen molar-refractivity contribution < 1.29 is 17.6 Å². The van der Waals surface area contributed by atoms with Gasteiger partial charge in [-0.25, -0.2) is 12.8 Å². The van der Waals surface area contributed by atoms with E-state index in [0.29, 0.717) is 17.8 Å². The Morgan fingerprint density at radius 1 is 1.04 bits per heavy atom. The second-order valence-corrected chi connectivity index (χ2v) is 7.84. The van der Waals surface area contributed by atoms with Crippen molar-refractivity contribution >= 4 is 27.3 Å². The molecular formula is C19H19FN2O3S. The van der Waals surface area contributed by atoms with E-state index in [-0.39, 0.29) is 16.7 Å². The van der Waals surface area contributed by atoms with Gasteiger partial charge in [0, 0.05) is 17.8 Å². The van der Waals surface area contributed by atoms with E-state index >= 15 is 0 Å². The lowest BCUT2D eigenvalue weighted by atomic mass is 10.1. The maximum Gasteiger partial charge on any atom is 0.261 e. The van der Waals surface area contributed by atoms with Gasteiger partial charge in [-0.2, -0.15) is 0 Å². The number of amides is 1. The van der Waals surface area contributed by atoms with E-state index in [0.717, 1.165) is 25.0 Å². The zero-order chi connectivity index (χ0) is 18.6. The molecule has 0 unspecified atom stereocenters. The fraction of sp³-hybridized carbons (Fsp3) is 0.211. The molecule has 0 heterocycles. The van der Waals surface area contributed by atoms with Gasteiger partial charge >= 0.3 is 0 Å². The summed E-state index contributed by atoms with van der Waals surface area (Å²) in [6.45, 7) is 0. The van der Waals surface area contributed by atoms with Crippen LogP contribution in [0.5, 0.6) is 0 Å². The summed E-state index contributed by atoms with van der Waals surface area (Å²) >= 11 is 0. The van der Waals surface area contributed by atoms with Crippen molar-refractivity contribution in [1.82, 2.24) is 0 Å². The van der Waals surface area contributed by atoms with Crippen LogP contribution in [0.4, 0.5) is 15.8 Å². The molecule has 2 N–H and O–H groups in total. The number of hydrogen-bond acceptors (Lipinski definition) is 3. The van der Waals surface area contributed by atoms with E-state index in [1.54, 1.807) is 24.3 Å². The Labute approximate surface area is 152 Å². The Kier molecular flexibility index (Phi) is 5.37. The highest BCUT2D eigenvalue weighted by Crippen LogP contribution is 2.22. The average Bonchev–Trinajstić information content (AvgIpc) is 3.09. The fourth-order valence-electron chi connectivity index (χ4n) is 2.76. The van der Waals surface area contributed by atoms with Gasteiger partial charge in [0.1, 0.15) is 5.82 Å². The number of allylic oxidation sites excluding steroid dienone is 2. The number of halogens is 1. The average molecular weight is 374 g/mol. The van der Waals surface area contributed by atoms with Gasteiger partial charge in [-0.15, -0.1) is 0 Å². The number of rotatable bonds is 6. The summed E-state index contributed by atoms with van der Waals surface area (Å²) in [5, 5.41) is 2.81. The minimum absolute atomic E-state index is 0.0269. The predicted octanol–water partition coefficient (Wildman–Crippen LogP) is 3.92. The minimum Gasteiger partial charge on any atom is -0.326 e. The van der Waals surface area contributed by atoms with Gasteiger partial charge in [0.2, 0.25) is 5.91 Å². The lowest BCUT2D eigenvalue weighted by Crippen LogP contribution is -2.15. The standard InChI is InChI=1S/C19H19FN2O3S/c20-15-5-11-18(12-6-15)26(24,25)22-17-9-7-16(8-10-17)21-19(23)13-14-3-1-2-4-14/h1,3,5-12,14,22H,2,4,13H2,(H,21,23)/t14-/m1/s1. The number of hydrogen-bond donors (Lipinski definition) is 2. The molecule has 26 heavy (non-hydrogen) atoms. The van der Waals surface area contributed by atoms with Crippen LogP contribution in [0.3, 0.4) is 0 Å². The first-order valence-corrected chi connectivity index (χ1v) is 9.76. The molecule has 0 saturated heterocycles. The predicted molar refractivity (Wildman–Crippen MR) is 98.8 cm³/mol. The zero-order valence-corrected chi connectivity index (χ0v) is 14.8. The van der Waals surface area contributed by atoms with Crippen LogP contribution >= 0.6 is 0 Å². The van der Waals surface area contributed by atoms with E-state index in [9.17, 15) is 17.6 Å². The molecule has 136 valence electrons. The van der Waals surface area contributed by atoms with Crippen LogP contribution in [0.15, 0.2) is 65.6 Å². The van der Waals surface area contributed by atoms with Crippen molar-refractivity contribution in [2.45, 2.75) is 24.2 Å². The quantitative estimate of drug-likeness (QED) is 0.753. The fourth-order valence-corrected chi connectivity index (χ4v) is 3.82. The summed E-state index contributed by atoms with van der Waals surface area (Å²) in [6.07, 6.45) is 6.60. The smallest absolute Gasteiger partial charge is 0.261 e. The molecule has 7 heteroatoms. The molecule has 0 bridgehead atoms. The van der Waals surface area contributed by atoms with Gasteiger partial charge < -0.3 is 5.32 Å².